The topological polar surface area (TPSA) is 80.3 Å². The summed E-state index contributed by atoms with van der Waals surface area (Å²) in [6.07, 6.45) is 12.2. The van der Waals surface area contributed by atoms with Gasteiger partial charge in [-0.3, -0.25) is 4.79 Å². The monoisotopic (exact) mass is 393 g/mol. The van der Waals surface area contributed by atoms with E-state index in [1.807, 2.05) is 43.5 Å². The summed E-state index contributed by atoms with van der Waals surface area (Å²) < 4.78 is 2.15. The van der Waals surface area contributed by atoms with Crippen molar-refractivity contribution in [3.63, 3.8) is 0 Å². The molecule has 1 aliphatic carbocycles. The SMILES string of the molecule is C/C=C\C=C(/C)Cc1cccn1-c1ccc(C(N)=O)c(NC2CCC(O)CC2)c1. The van der Waals surface area contributed by atoms with Gasteiger partial charge in [-0.2, -0.15) is 0 Å². The number of amides is 1. The number of hydrogen-bond acceptors (Lipinski definition) is 3. The Labute approximate surface area is 172 Å². The second-order valence-corrected chi connectivity index (χ2v) is 7.83. The molecule has 4 N–H and O–H groups in total. The number of carbonyl (C=O) groups excluding carboxylic acids is 1. The fraction of sp³-hybridized carbons (Fsp3) is 0.375. The first kappa shape index (κ1) is 20.9. The van der Waals surface area contributed by atoms with Crippen LogP contribution >= 0.6 is 0 Å². The molecule has 0 atom stereocenters. The molecule has 1 aromatic heterocycles. The van der Waals surface area contributed by atoms with E-state index in [4.69, 9.17) is 5.73 Å². The standard InChI is InChI=1S/C24H31N3O2/c1-3-4-6-17(2)15-19-7-5-14-27(19)20-10-13-22(24(25)29)23(16-20)26-18-8-11-21(28)12-9-18/h3-7,10,13-14,16,18,21,26,28H,8-9,11-12,15H2,1-2H3,(H2,25,29)/b4-3-,17-6+. The summed E-state index contributed by atoms with van der Waals surface area (Å²) >= 11 is 0. The molecule has 154 valence electrons. The van der Waals surface area contributed by atoms with Crippen molar-refractivity contribution in [3.05, 3.63) is 71.6 Å². The number of nitrogens with two attached hydrogens (primary N) is 1. The molecule has 0 saturated heterocycles. The highest BCUT2D eigenvalue weighted by atomic mass is 16.3. The zero-order chi connectivity index (χ0) is 20.8. The molecule has 29 heavy (non-hydrogen) atoms. The molecule has 1 fully saturated rings. The fourth-order valence-electron chi connectivity index (χ4n) is 3.87. The summed E-state index contributed by atoms with van der Waals surface area (Å²) in [5, 5.41) is 13.2. The van der Waals surface area contributed by atoms with E-state index in [9.17, 15) is 9.90 Å². The van der Waals surface area contributed by atoms with Crippen LogP contribution in [0.25, 0.3) is 5.69 Å². The summed E-state index contributed by atoms with van der Waals surface area (Å²) in [6.45, 7) is 4.13. The van der Waals surface area contributed by atoms with Crippen LogP contribution in [0, 0.1) is 0 Å². The van der Waals surface area contributed by atoms with Crippen molar-refractivity contribution in [1.29, 1.82) is 0 Å². The average molecular weight is 394 g/mol. The van der Waals surface area contributed by atoms with Gasteiger partial charge < -0.3 is 20.7 Å². The predicted molar refractivity (Wildman–Crippen MR) is 118 cm³/mol. The maximum Gasteiger partial charge on any atom is 0.250 e. The Balaban J connectivity index is 1.87. The highest BCUT2D eigenvalue weighted by molar-refractivity contribution is 5.99. The Morgan fingerprint density at radius 3 is 2.72 bits per heavy atom. The van der Waals surface area contributed by atoms with Crippen molar-refractivity contribution in [2.24, 2.45) is 5.73 Å². The van der Waals surface area contributed by atoms with E-state index in [1.54, 1.807) is 6.07 Å². The molecule has 1 amide bonds. The number of nitrogens with zero attached hydrogens (tertiary/aromatic N) is 1. The van der Waals surface area contributed by atoms with Crippen LogP contribution in [-0.2, 0) is 6.42 Å². The van der Waals surface area contributed by atoms with Gasteiger partial charge in [0, 0.05) is 35.7 Å². The number of benzene rings is 1. The zero-order valence-electron chi connectivity index (χ0n) is 17.3. The van der Waals surface area contributed by atoms with Gasteiger partial charge in [0.1, 0.15) is 0 Å². The van der Waals surface area contributed by atoms with Crippen LogP contribution in [0.3, 0.4) is 0 Å². The van der Waals surface area contributed by atoms with E-state index in [0.29, 0.717) is 5.56 Å². The summed E-state index contributed by atoms with van der Waals surface area (Å²) in [6, 6.07) is 10.1. The molecule has 5 nitrogen and oxygen atoms in total. The Morgan fingerprint density at radius 1 is 1.28 bits per heavy atom. The van der Waals surface area contributed by atoms with Crippen molar-refractivity contribution in [2.75, 3.05) is 5.32 Å². The third-order valence-electron chi connectivity index (χ3n) is 5.47. The Kier molecular flexibility index (Phi) is 6.94. The quantitative estimate of drug-likeness (QED) is 0.612. The molecule has 1 saturated carbocycles. The number of anilines is 1. The average Bonchev–Trinajstić information content (AvgIpc) is 3.16. The molecule has 2 aromatic rings. The molecule has 1 aromatic carbocycles. The summed E-state index contributed by atoms with van der Waals surface area (Å²) in [5.74, 6) is -0.437. The van der Waals surface area contributed by atoms with Crippen molar-refractivity contribution >= 4 is 11.6 Å². The van der Waals surface area contributed by atoms with Gasteiger partial charge >= 0.3 is 0 Å². The number of allylic oxidation sites excluding steroid dienone is 4. The van der Waals surface area contributed by atoms with Gasteiger partial charge in [0.25, 0.3) is 5.91 Å². The first-order valence-electron chi connectivity index (χ1n) is 10.3. The van der Waals surface area contributed by atoms with Gasteiger partial charge in [-0.05, 0) is 69.9 Å². The molecule has 0 spiro atoms. The minimum Gasteiger partial charge on any atom is -0.393 e. The lowest BCUT2D eigenvalue weighted by Gasteiger charge is -2.28. The first-order valence-corrected chi connectivity index (χ1v) is 10.3. The third kappa shape index (κ3) is 5.39. The smallest absolute Gasteiger partial charge is 0.250 e. The molecule has 0 aliphatic heterocycles. The van der Waals surface area contributed by atoms with E-state index in [0.717, 1.165) is 43.5 Å². The summed E-state index contributed by atoms with van der Waals surface area (Å²) in [5.41, 5.74) is 10.3. The minimum absolute atomic E-state index is 0.212. The molecular formula is C24H31N3O2. The Bertz CT molecular complexity index is 903. The minimum atomic E-state index is -0.437. The van der Waals surface area contributed by atoms with E-state index in [2.05, 4.69) is 29.0 Å². The summed E-state index contributed by atoms with van der Waals surface area (Å²) in [7, 11) is 0. The molecule has 0 bridgehead atoms. The molecule has 3 rings (SSSR count). The van der Waals surface area contributed by atoms with Crippen molar-refractivity contribution in [1.82, 2.24) is 4.57 Å². The predicted octanol–water partition coefficient (Wildman–Crippen LogP) is 4.36. The lowest BCUT2D eigenvalue weighted by Crippen LogP contribution is -2.29. The van der Waals surface area contributed by atoms with Gasteiger partial charge in [-0.1, -0.05) is 23.8 Å². The number of aliphatic hydroxyl groups is 1. The van der Waals surface area contributed by atoms with Gasteiger partial charge in [0.2, 0.25) is 0 Å². The number of rotatable bonds is 7. The molecule has 5 heteroatoms. The van der Waals surface area contributed by atoms with Crippen molar-refractivity contribution < 1.29 is 9.90 Å². The van der Waals surface area contributed by atoms with Crippen LogP contribution < -0.4 is 11.1 Å². The van der Waals surface area contributed by atoms with Crippen LogP contribution in [0.15, 0.2) is 60.3 Å². The molecule has 1 heterocycles. The number of nitrogens with one attached hydrogen (secondary N) is 1. The molecule has 1 aliphatic rings. The lowest BCUT2D eigenvalue weighted by molar-refractivity contribution is 0.100. The molecule has 0 unspecified atom stereocenters. The van der Waals surface area contributed by atoms with Crippen molar-refractivity contribution in [3.8, 4) is 5.69 Å². The second kappa shape index (κ2) is 9.61. The fourth-order valence-corrected chi connectivity index (χ4v) is 3.87. The Hall–Kier alpha value is -2.79. The normalized spacial score (nSPS) is 20.2. The zero-order valence-corrected chi connectivity index (χ0v) is 17.3. The highest BCUT2D eigenvalue weighted by Gasteiger charge is 2.21. The number of aliphatic hydroxyl groups excluding tert-OH is 1. The maximum absolute atomic E-state index is 11.9. The van der Waals surface area contributed by atoms with Crippen LogP contribution in [0.5, 0.6) is 0 Å². The first-order chi connectivity index (χ1) is 14.0. The van der Waals surface area contributed by atoms with Gasteiger partial charge in [-0.25, -0.2) is 0 Å². The van der Waals surface area contributed by atoms with Crippen molar-refractivity contribution in [2.45, 2.75) is 58.1 Å². The van der Waals surface area contributed by atoms with E-state index in [1.165, 1.54) is 11.3 Å². The highest BCUT2D eigenvalue weighted by Crippen LogP contribution is 2.27. The second-order valence-electron chi connectivity index (χ2n) is 7.83. The molecule has 0 radical (unpaired) electrons. The summed E-state index contributed by atoms with van der Waals surface area (Å²) in [4.78, 5) is 11.9. The van der Waals surface area contributed by atoms with Gasteiger partial charge in [0.15, 0.2) is 0 Å². The van der Waals surface area contributed by atoms with Gasteiger partial charge in [-0.15, -0.1) is 0 Å². The maximum atomic E-state index is 11.9. The molecular weight excluding hydrogens is 362 g/mol. The van der Waals surface area contributed by atoms with Crippen LogP contribution in [0.1, 0.15) is 55.6 Å². The third-order valence-corrected chi connectivity index (χ3v) is 5.47. The van der Waals surface area contributed by atoms with Crippen LogP contribution in [0.2, 0.25) is 0 Å². The number of hydrogen-bond donors (Lipinski definition) is 3. The van der Waals surface area contributed by atoms with E-state index >= 15 is 0 Å². The van der Waals surface area contributed by atoms with E-state index < -0.39 is 5.91 Å². The van der Waals surface area contributed by atoms with Crippen LogP contribution in [-0.4, -0.2) is 27.7 Å². The number of aromatic nitrogens is 1. The number of primary amides is 1. The number of carbonyl (C=O) groups is 1. The van der Waals surface area contributed by atoms with Crippen LogP contribution in [0.4, 0.5) is 5.69 Å². The lowest BCUT2D eigenvalue weighted by atomic mass is 9.92. The largest absolute Gasteiger partial charge is 0.393 e. The van der Waals surface area contributed by atoms with E-state index in [-0.39, 0.29) is 12.1 Å². The Morgan fingerprint density at radius 2 is 2.03 bits per heavy atom. The van der Waals surface area contributed by atoms with Gasteiger partial charge in [0.05, 0.1) is 11.7 Å².